The van der Waals surface area contributed by atoms with Gasteiger partial charge in [-0.25, -0.2) is 0 Å². The van der Waals surface area contributed by atoms with Gasteiger partial charge in [-0.05, 0) is 82.1 Å². The van der Waals surface area contributed by atoms with Gasteiger partial charge in [-0.15, -0.1) is 0 Å². The van der Waals surface area contributed by atoms with Gasteiger partial charge in [-0.2, -0.15) is 0 Å². The Hall–Kier alpha value is -2.70. The molecular formula is C28H33BrN2O3. The molecule has 0 amide bonds. The molecule has 6 heteroatoms. The van der Waals surface area contributed by atoms with Crippen LogP contribution in [0.5, 0.6) is 5.75 Å². The van der Waals surface area contributed by atoms with Gasteiger partial charge >= 0.3 is 0 Å². The number of halogens is 1. The third kappa shape index (κ3) is 6.90. The zero-order valence-corrected chi connectivity index (χ0v) is 21.9. The molecule has 0 fully saturated rings. The Morgan fingerprint density at radius 1 is 0.941 bits per heavy atom. The Morgan fingerprint density at radius 2 is 1.59 bits per heavy atom. The molecule has 3 rings (SSSR count). The van der Waals surface area contributed by atoms with E-state index in [2.05, 4.69) is 78.9 Å². The molecule has 0 saturated carbocycles. The van der Waals surface area contributed by atoms with Gasteiger partial charge in [-0.1, -0.05) is 46.3 Å². The number of non-ortho nitro benzene ring substituents is 1. The summed E-state index contributed by atoms with van der Waals surface area (Å²) in [6.07, 6.45) is 0.963. The first-order valence-corrected chi connectivity index (χ1v) is 12.5. The van der Waals surface area contributed by atoms with Crippen LogP contribution in [0.15, 0.2) is 77.3 Å². The predicted molar refractivity (Wildman–Crippen MR) is 141 cm³/mol. The van der Waals surface area contributed by atoms with Crippen molar-refractivity contribution in [2.45, 2.75) is 58.7 Å². The minimum atomic E-state index is -0.389. The molecule has 0 aromatic heterocycles. The van der Waals surface area contributed by atoms with Crippen LogP contribution >= 0.6 is 15.9 Å². The van der Waals surface area contributed by atoms with Crippen molar-refractivity contribution >= 4 is 21.6 Å². The molecule has 0 heterocycles. The van der Waals surface area contributed by atoms with Crippen molar-refractivity contribution in [2.75, 3.05) is 6.54 Å². The van der Waals surface area contributed by atoms with E-state index >= 15 is 0 Å². The molecule has 0 spiro atoms. The van der Waals surface area contributed by atoms with Crippen molar-refractivity contribution in [1.82, 2.24) is 4.90 Å². The molecule has 0 aliphatic rings. The van der Waals surface area contributed by atoms with Gasteiger partial charge in [-0.3, -0.25) is 15.0 Å². The van der Waals surface area contributed by atoms with E-state index in [0.29, 0.717) is 18.7 Å². The molecule has 0 bridgehead atoms. The van der Waals surface area contributed by atoms with Crippen LogP contribution in [-0.4, -0.2) is 28.5 Å². The number of benzene rings is 3. The number of nitrogens with zero attached hydrogens (tertiary/aromatic N) is 2. The van der Waals surface area contributed by atoms with Crippen LogP contribution in [0.4, 0.5) is 5.69 Å². The first-order valence-electron chi connectivity index (χ1n) is 11.7. The van der Waals surface area contributed by atoms with E-state index in [1.165, 1.54) is 17.7 Å². The molecule has 0 saturated heterocycles. The second kappa shape index (κ2) is 12.1. The van der Waals surface area contributed by atoms with Gasteiger partial charge in [0.1, 0.15) is 12.4 Å². The second-order valence-corrected chi connectivity index (χ2v) is 9.99. The number of nitro benzene ring substituents is 1. The standard InChI is InChI=1S/C28H33BrN2O3/c1-20(2)30(21(3)4)17-16-26(23-8-6-5-7-9-23)27-18-24(29)12-15-28(27)34-19-22-10-13-25(14-11-22)31(32)33/h5-15,18,20-21,26H,16-17,19H2,1-4H3. The molecule has 3 aromatic carbocycles. The summed E-state index contributed by atoms with van der Waals surface area (Å²) in [5, 5.41) is 10.9. The number of nitro groups is 1. The Labute approximate surface area is 211 Å². The number of ether oxygens (including phenoxy) is 1. The Balaban J connectivity index is 1.89. The normalized spacial score (nSPS) is 12.4. The van der Waals surface area contributed by atoms with Crippen molar-refractivity contribution in [3.8, 4) is 5.75 Å². The molecule has 5 nitrogen and oxygen atoms in total. The van der Waals surface area contributed by atoms with E-state index in [0.717, 1.165) is 34.3 Å². The molecular weight excluding hydrogens is 492 g/mol. The lowest BCUT2D eigenvalue weighted by molar-refractivity contribution is -0.384. The summed E-state index contributed by atoms with van der Waals surface area (Å²) < 4.78 is 7.29. The van der Waals surface area contributed by atoms with Gasteiger partial charge in [0.2, 0.25) is 0 Å². The van der Waals surface area contributed by atoms with E-state index < -0.39 is 0 Å². The van der Waals surface area contributed by atoms with Crippen molar-refractivity contribution in [3.63, 3.8) is 0 Å². The number of rotatable bonds is 11. The highest BCUT2D eigenvalue weighted by atomic mass is 79.9. The third-order valence-electron chi connectivity index (χ3n) is 6.09. The van der Waals surface area contributed by atoms with Gasteiger partial charge < -0.3 is 4.74 Å². The maximum Gasteiger partial charge on any atom is 0.269 e. The van der Waals surface area contributed by atoms with E-state index in [-0.39, 0.29) is 16.5 Å². The molecule has 0 aliphatic heterocycles. The minimum absolute atomic E-state index is 0.0806. The van der Waals surface area contributed by atoms with E-state index in [9.17, 15) is 10.1 Å². The fourth-order valence-electron chi connectivity index (χ4n) is 4.38. The molecule has 0 aliphatic carbocycles. The summed E-state index contributed by atoms with van der Waals surface area (Å²) in [4.78, 5) is 13.1. The van der Waals surface area contributed by atoms with Crippen molar-refractivity contribution in [2.24, 2.45) is 0 Å². The summed E-state index contributed by atoms with van der Waals surface area (Å²) >= 11 is 3.65. The average molecular weight is 525 g/mol. The van der Waals surface area contributed by atoms with Crippen LogP contribution in [0.2, 0.25) is 0 Å². The van der Waals surface area contributed by atoms with Crippen LogP contribution in [0.25, 0.3) is 0 Å². The van der Waals surface area contributed by atoms with E-state index in [1.54, 1.807) is 12.1 Å². The Kier molecular flexibility index (Phi) is 9.25. The molecule has 0 N–H and O–H groups in total. The van der Waals surface area contributed by atoms with Crippen LogP contribution in [0.1, 0.15) is 56.7 Å². The van der Waals surface area contributed by atoms with Crippen LogP contribution in [0, 0.1) is 10.1 Å². The smallest absolute Gasteiger partial charge is 0.269 e. The van der Waals surface area contributed by atoms with Crippen molar-refractivity contribution < 1.29 is 9.66 Å². The monoisotopic (exact) mass is 524 g/mol. The SMILES string of the molecule is CC(C)N(CCC(c1ccccc1)c1cc(Br)ccc1OCc1ccc([N+](=O)[O-])cc1)C(C)C. The minimum Gasteiger partial charge on any atom is -0.489 e. The van der Waals surface area contributed by atoms with E-state index in [1.807, 2.05) is 18.2 Å². The first kappa shape index (κ1) is 25.9. The lowest BCUT2D eigenvalue weighted by Gasteiger charge is -2.32. The molecule has 1 atom stereocenters. The van der Waals surface area contributed by atoms with Gasteiger partial charge in [0.25, 0.3) is 5.69 Å². The molecule has 1 unspecified atom stereocenters. The zero-order chi connectivity index (χ0) is 24.7. The first-order chi connectivity index (χ1) is 16.3. The second-order valence-electron chi connectivity index (χ2n) is 9.07. The highest BCUT2D eigenvalue weighted by Gasteiger charge is 2.22. The van der Waals surface area contributed by atoms with Gasteiger partial charge in [0.15, 0.2) is 0 Å². The Morgan fingerprint density at radius 3 is 2.18 bits per heavy atom. The van der Waals surface area contributed by atoms with Crippen LogP contribution < -0.4 is 4.74 Å². The summed E-state index contributed by atoms with van der Waals surface area (Å²) in [5.74, 6) is 1.00. The molecule has 0 radical (unpaired) electrons. The zero-order valence-electron chi connectivity index (χ0n) is 20.3. The summed E-state index contributed by atoms with van der Waals surface area (Å²) in [7, 11) is 0. The molecule has 34 heavy (non-hydrogen) atoms. The van der Waals surface area contributed by atoms with Gasteiger partial charge in [0, 0.05) is 40.2 Å². The topological polar surface area (TPSA) is 55.6 Å². The maximum absolute atomic E-state index is 10.9. The predicted octanol–water partition coefficient (Wildman–Crippen LogP) is 7.58. The molecule has 3 aromatic rings. The summed E-state index contributed by atoms with van der Waals surface area (Å²) in [6, 6.07) is 24.2. The van der Waals surface area contributed by atoms with Gasteiger partial charge in [0.05, 0.1) is 4.92 Å². The fraction of sp³-hybridized carbons (Fsp3) is 0.357. The Bertz CT molecular complexity index is 1060. The summed E-state index contributed by atoms with van der Waals surface area (Å²) in [6.45, 7) is 10.3. The van der Waals surface area contributed by atoms with E-state index in [4.69, 9.17) is 4.74 Å². The molecule has 180 valence electrons. The number of hydrogen-bond donors (Lipinski definition) is 0. The lowest BCUT2D eigenvalue weighted by Crippen LogP contribution is -2.38. The van der Waals surface area contributed by atoms with Crippen molar-refractivity contribution in [1.29, 1.82) is 0 Å². The highest BCUT2D eigenvalue weighted by molar-refractivity contribution is 9.10. The maximum atomic E-state index is 10.9. The fourth-order valence-corrected chi connectivity index (χ4v) is 4.75. The summed E-state index contributed by atoms with van der Waals surface area (Å²) in [5.41, 5.74) is 3.36. The largest absolute Gasteiger partial charge is 0.489 e. The number of hydrogen-bond acceptors (Lipinski definition) is 4. The average Bonchev–Trinajstić information content (AvgIpc) is 2.81. The quantitative estimate of drug-likeness (QED) is 0.191. The van der Waals surface area contributed by atoms with Crippen molar-refractivity contribution in [3.05, 3.63) is 104 Å². The third-order valence-corrected chi connectivity index (χ3v) is 6.59. The lowest BCUT2D eigenvalue weighted by atomic mass is 9.87. The van der Waals surface area contributed by atoms with Crippen LogP contribution in [-0.2, 0) is 6.61 Å². The van der Waals surface area contributed by atoms with Crippen LogP contribution in [0.3, 0.4) is 0 Å². The highest BCUT2D eigenvalue weighted by Crippen LogP contribution is 2.37.